The van der Waals surface area contributed by atoms with Gasteiger partial charge < -0.3 is 5.73 Å². The SMILES string of the molecule is CC(C)(C)c1ccc(C(N)c2ccc(I)c(Cl)c2)cc1. The van der Waals surface area contributed by atoms with E-state index in [1.54, 1.807) is 0 Å². The van der Waals surface area contributed by atoms with E-state index in [9.17, 15) is 0 Å². The van der Waals surface area contributed by atoms with E-state index in [0.29, 0.717) is 0 Å². The van der Waals surface area contributed by atoms with E-state index in [1.807, 2.05) is 18.2 Å². The highest BCUT2D eigenvalue weighted by molar-refractivity contribution is 14.1. The van der Waals surface area contributed by atoms with Gasteiger partial charge >= 0.3 is 0 Å². The van der Waals surface area contributed by atoms with Crippen molar-refractivity contribution in [2.75, 3.05) is 0 Å². The van der Waals surface area contributed by atoms with Gasteiger partial charge in [0.05, 0.1) is 11.1 Å². The Morgan fingerprint density at radius 1 is 1.00 bits per heavy atom. The van der Waals surface area contributed by atoms with Gasteiger partial charge in [0.1, 0.15) is 0 Å². The molecule has 106 valence electrons. The van der Waals surface area contributed by atoms with Gasteiger partial charge in [-0.1, -0.05) is 62.7 Å². The molecule has 2 N–H and O–H groups in total. The second kappa shape index (κ2) is 6.04. The van der Waals surface area contributed by atoms with Crippen LogP contribution >= 0.6 is 34.2 Å². The van der Waals surface area contributed by atoms with Crippen LogP contribution in [-0.2, 0) is 5.41 Å². The summed E-state index contributed by atoms with van der Waals surface area (Å²) >= 11 is 8.39. The number of rotatable bonds is 2. The maximum Gasteiger partial charge on any atom is 0.0552 e. The molecular formula is C17H19ClIN. The molecule has 0 bridgehead atoms. The summed E-state index contributed by atoms with van der Waals surface area (Å²) in [5.41, 5.74) is 9.96. The first-order valence-corrected chi connectivity index (χ1v) is 8.05. The summed E-state index contributed by atoms with van der Waals surface area (Å²) in [7, 11) is 0. The van der Waals surface area contributed by atoms with Crippen molar-refractivity contribution in [1.29, 1.82) is 0 Å². The molecule has 0 heterocycles. The molecule has 0 aliphatic carbocycles. The summed E-state index contributed by atoms with van der Waals surface area (Å²) in [4.78, 5) is 0. The lowest BCUT2D eigenvalue weighted by molar-refractivity contribution is 0.589. The van der Waals surface area contributed by atoms with Crippen molar-refractivity contribution in [3.63, 3.8) is 0 Å². The standard InChI is InChI=1S/C17H19ClIN/c1-17(2,3)13-7-4-11(5-8-13)16(20)12-6-9-15(19)14(18)10-12/h4-10,16H,20H2,1-3H3. The zero-order chi connectivity index (χ0) is 14.9. The van der Waals surface area contributed by atoms with Crippen molar-refractivity contribution in [1.82, 2.24) is 0 Å². The molecule has 0 amide bonds. The zero-order valence-corrected chi connectivity index (χ0v) is 14.9. The normalized spacial score (nSPS) is 13.3. The fourth-order valence-corrected chi connectivity index (χ4v) is 2.61. The van der Waals surface area contributed by atoms with Crippen LogP contribution in [0, 0.1) is 3.57 Å². The van der Waals surface area contributed by atoms with E-state index in [1.165, 1.54) is 5.56 Å². The van der Waals surface area contributed by atoms with Crippen LogP contribution in [0.5, 0.6) is 0 Å². The molecule has 2 aromatic rings. The van der Waals surface area contributed by atoms with E-state index in [-0.39, 0.29) is 11.5 Å². The van der Waals surface area contributed by atoms with E-state index in [0.717, 1.165) is 19.7 Å². The van der Waals surface area contributed by atoms with E-state index in [2.05, 4.69) is 67.6 Å². The average molecular weight is 400 g/mol. The highest BCUT2D eigenvalue weighted by atomic mass is 127. The maximum absolute atomic E-state index is 6.33. The molecule has 0 aliphatic rings. The third-order valence-electron chi connectivity index (χ3n) is 3.44. The third kappa shape index (κ3) is 3.54. The predicted molar refractivity (Wildman–Crippen MR) is 95.3 cm³/mol. The lowest BCUT2D eigenvalue weighted by Crippen LogP contribution is -2.14. The van der Waals surface area contributed by atoms with Crippen LogP contribution in [0.15, 0.2) is 42.5 Å². The predicted octanol–water partition coefficient (Wildman–Crippen LogP) is 5.29. The minimum absolute atomic E-state index is 0.140. The van der Waals surface area contributed by atoms with Crippen molar-refractivity contribution in [2.24, 2.45) is 5.73 Å². The van der Waals surface area contributed by atoms with Crippen molar-refractivity contribution < 1.29 is 0 Å². The molecule has 20 heavy (non-hydrogen) atoms. The fraction of sp³-hybridized carbons (Fsp3) is 0.294. The average Bonchev–Trinajstić information content (AvgIpc) is 2.40. The van der Waals surface area contributed by atoms with Gasteiger partial charge in [-0.25, -0.2) is 0 Å². The molecule has 1 unspecified atom stereocenters. The largest absolute Gasteiger partial charge is 0.320 e. The minimum atomic E-state index is -0.140. The van der Waals surface area contributed by atoms with Crippen molar-refractivity contribution >= 4 is 34.2 Å². The molecule has 0 saturated heterocycles. The summed E-state index contributed by atoms with van der Waals surface area (Å²) < 4.78 is 1.04. The highest BCUT2D eigenvalue weighted by Gasteiger charge is 2.15. The van der Waals surface area contributed by atoms with E-state index < -0.39 is 0 Å². The van der Waals surface area contributed by atoms with E-state index in [4.69, 9.17) is 17.3 Å². The van der Waals surface area contributed by atoms with Crippen LogP contribution in [0.2, 0.25) is 5.02 Å². The van der Waals surface area contributed by atoms with Gasteiger partial charge in [0.25, 0.3) is 0 Å². The van der Waals surface area contributed by atoms with Crippen molar-refractivity contribution in [3.05, 3.63) is 67.7 Å². The van der Waals surface area contributed by atoms with Gasteiger partial charge in [-0.3, -0.25) is 0 Å². The second-order valence-electron chi connectivity index (χ2n) is 6.02. The van der Waals surface area contributed by atoms with Crippen LogP contribution in [0.3, 0.4) is 0 Å². The monoisotopic (exact) mass is 399 g/mol. The summed E-state index contributed by atoms with van der Waals surface area (Å²) in [6.45, 7) is 6.63. The van der Waals surface area contributed by atoms with Crippen molar-refractivity contribution in [3.8, 4) is 0 Å². The molecule has 2 rings (SSSR count). The molecule has 1 atom stereocenters. The van der Waals surface area contributed by atoms with Crippen LogP contribution in [0.25, 0.3) is 0 Å². The second-order valence-corrected chi connectivity index (χ2v) is 7.59. The number of hydrogen-bond acceptors (Lipinski definition) is 1. The van der Waals surface area contributed by atoms with Crippen LogP contribution in [-0.4, -0.2) is 0 Å². The number of halogens is 2. The summed E-state index contributed by atoms with van der Waals surface area (Å²) in [6, 6.07) is 14.4. The molecule has 0 spiro atoms. The zero-order valence-electron chi connectivity index (χ0n) is 12.0. The van der Waals surface area contributed by atoms with Crippen LogP contribution in [0.4, 0.5) is 0 Å². The first-order chi connectivity index (χ1) is 9.29. The molecule has 3 heteroatoms. The first kappa shape index (κ1) is 15.8. The Balaban J connectivity index is 2.29. The quantitative estimate of drug-likeness (QED) is 0.682. The van der Waals surface area contributed by atoms with Gasteiger partial charge in [-0.15, -0.1) is 0 Å². The molecular weight excluding hydrogens is 381 g/mol. The Hall–Kier alpha value is -0.580. The molecule has 0 saturated carbocycles. The lowest BCUT2D eigenvalue weighted by Gasteiger charge is -2.20. The molecule has 0 aromatic heterocycles. The molecule has 2 aromatic carbocycles. The van der Waals surface area contributed by atoms with Gasteiger partial charge in [0.2, 0.25) is 0 Å². The topological polar surface area (TPSA) is 26.0 Å². The summed E-state index contributed by atoms with van der Waals surface area (Å²) in [5.74, 6) is 0. The van der Waals surface area contributed by atoms with Gasteiger partial charge in [-0.2, -0.15) is 0 Å². The van der Waals surface area contributed by atoms with Crippen molar-refractivity contribution in [2.45, 2.75) is 32.2 Å². The number of nitrogens with two attached hydrogens (primary N) is 1. The van der Waals surface area contributed by atoms with Gasteiger partial charge in [0, 0.05) is 3.57 Å². The Morgan fingerprint density at radius 2 is 1.55 bits per heavy atom. The molecule has 0 radical (unpaired) electrons. The number of benzene rings is 2. The third-order valence-corrected chi connectivity index (χ3v) is 5.01. The van der Waals surface area contributed by atoms with Gasteiger partial charge in [0.15, 0.2) is 0 Å². The Kier molecular flexibility index (Phi) is 4.77. The Labute approximate surface area is 139 Å². The van der Waals surface area contributed by atoms with Crippen LogP contribution < -0.4 is 5.73 Å². The fourth-order valence-electron chi connectivity index (χ4n) is 2.09. The van der Waals surface area contributed by atoms with Crippen LogP contribution in [0.1, 0.15) is 43.5 Å². The highest BCUT2D eigenvalue weighted by Crippen LogP contribution is 2.28. The molecule has 1 nitrogen and oxygen atoms in total. The lowest BCUT2D eigenvalue weighted by atomic mass is 9.86. The van der Waals surface area contributed by atoms with E-state index >= 15 is 0 Å². The number of hydrogen-bond donors (Lipinski definition) is 1. The molecule has 0 fully saturated rings. The summed E-state index contributed by atoms with van der Waals surface area (Å²) in [6.07, 6.45) is 0. The first-order valence-electron chi connectivity index (χ1n) is 6.60. The van der Waals surface area contributed by atoms with Gasteiger partial charge in [-0.05, 0) is 56.8 Å². The Bertz CT molecular complexity index is 599. The summed E-state index contributed by atoms with van der Waals surface area (Å²) in [5, 5.41) is 0.755. The Morgan fingerprint density at radius 3 is 2.05 bits per heavy atom. The molecule has 0 aliphatic heterocycles. The maximum atomic E-state index is 6.33. The minimum Gasteiger partial charge on any atom is -0.320 e. The smallest absolute Gasteiger partial charge is 0.0552 e.